The van der Waals surface area contributed by atoms with E-state index in [1.807, 2.05) is 18.2 Å². The summed E-state index contributed by atoms with van der Waals surface area (Å²) in [5.41, 5.74) is 10.1. The molecule has 1 saturated heterocycles. The van der Waals surface area contributed by atoms with Gasteiger partial charge in [0.2, 0.25) is 0 Å². The maximum absolute atomic E-state index is 11.1. The Bertz CT molecular complexity index is 1390. The van der Waals surface area contributed by atoms with Crippen molar-refractivity contribution in [2.45, 2.75) is 86.0 Å². The van der Waals surface area contributed by atoms with E-state index in [0.717, 1.165) is 24.9 Å². The van der Waals surface area contributed by atoms with E-state index in [1.165, 1.54) is 33.6 Å². The molecule has 0 bridgehead atoms. The molecular weight excluding hydrogens is 702 g/mol. The topological polar surface area (TPSA) is 45.1 Å². The van der Waals surface area contributed by atoms with Crippen LogP contribution >= 0.6 is 19.4 Å². The quantitative estimate of drug-likeness (QED) is 0.0895. The van der Waals surface area contributed by atoms with Gasteiger partial charge in [0.25, 0.3) is 0 Å². The van der Waals surface area contributed by atoms with Crippen LogP contribution in [0.15, 0.2) is 65.7 Å². The molecule has 0 amide bonds. The van der Waals surface area contributed by atoms with Gasteiger partial charge in [-0.15, -0.1) is 0 Å². The summed E-state index contributed by atoms with van der Waals surface area (Å²) in [7, 11) is 11.6. The molecule has 252 valence electrons. The van der Waals surface area contributed by atoms with Crippen molar-refractivity contribution in [3.63, 3.8) is 0 Å². The second kappa shape index (κ2) is 18.1. The SMILES string of the molecule is CC(C)c1cccc(C(C)C)c1N1[CH-]N(c2c(C(C)C)cccc2C(C)C)CC1.CCOC(=O)C=Nc1ccccc1[CH]=[Ru]([Cl])[Cl]. The molecule has 0 N–H and O–H groups in total. The van der Waals surface area contributed by atoms with E-state index in [9.17, 15) is 4.79 Å². The normalized spacial score (nSPS) is 13.6. The molecule has 0 aliphatic carbocycles. The van der Waals surface area contributed by atoms with Crippen molar-refractivity contribution in [1.29, 1.82) is 0 Å². The molecule has 4 rings (SSSR count). The summed E-state index contributed by atoms with van der Waals surface area (Å²) >= 11 is -1.90. The van der Waals surface area contributed by atoms with Crippen LogP contribution in [0, 0.1) is 6.67 Å². The third kappa shape index (κ3) is 10.2. The average molecular weight is 753 g/mol. The van der Waals surface area contributed by atoms with Crippen LogP contribution in [0.2, 0.25) is 0 Å². The molecule has 1 fully saturated rings. The van der Waals surface area contributed by atoms with Crippen molar-refractivity contribution in [3.05, 3.63) is 95.1 Å². The van der Waals surface area contributed by atoms with Crippen LogP contribution in [0.25, 0.3) is 0 Å². The fraction of sp³-hybridized carbons (Fsp3) is 0.421. The molecule has 1 heterocycles. The van der Waals surface area contributed by atoms with Crippen LogP contribution < -0.4 is 9.80 Å². The van der Waals surface area contributed by atoms with E-state index in [1.54, 1.807) is 17.6 Å². The molecule has 0 radical (unpaired) electrons. The first-order valence-electron chi connectivity index (χ1n) is 16.1. The van der Waals surface area contributed by atoms with Gasteiger partial charge in [0.1, 0.15) is 0 Å². The first-order valence-corrected chi connectivity index (χ1v) is 21.6. The number of esters is 1. The van der Waals surface area contributed by atoms with Crippen LogP contribution in [0.3, 0.4) is 0 Å². The predicted octanol–water partition coefficient (Wildman–Crippen LogP) is 10.7. The number of nitrogens with zero attached hydrogens (tertiary/aromatic N) is 3. The number of para-hydroxylation sites is 3. The second-order valence-corrected chi connectivity index (χ2v) is 18.3. The maximum atomic E-state index is 11.1. The summed E-state index contributed by atoms with van der Waals surface area (Å²) in [6, 6.07) is 21.0. The Labute approximate surface area is 290 Å². The zero-order valence-electron chi connectivity index (χ0n) is 28.7. The molecule has 0 unspecified atom stereocenters. The Morgan fingerprint density at radius 3 is 1.61 bits per heavy atom. The Morgan fingerprint density at radius 1 is 0.783 bits per heavy atom. The Kier molecular flexibility index (Phi) is 15.0. The van der Waals surface area contributed by atoms with E-state index >= 15 is 0 Å². The van der Waals surface area contributed by atoms with Crippen molar-refractivity contribution < 1.29 is 23.0 Å². The van der Waals surface area contributed by atoms with Gasteiger partial charge >= 0.3 is 113 Å². The van der Waals surface area contributed by atoms with Crippen molar-refractivity contribution in [2.24, 2.45) is 4.99 Å². The molecule has 0 spiro atoms. The zero-order chi connectivity index (χ0) is 34.0. The third-order valence-corrected chi connectivity index (χ3v) is 9.67. The number of aliphatic imine (C=N–C) groups is 1. The Morgan fingerprint density at radius 2 is 1.22 bits per heavy atom. The molecule has 5 nitrogen and oxygen atoms in total. The number of hydrogen-bond donors (Lipinski definition) is 0. The van der Waals surface area contributed by atoms with Crippen molar-refractivity contribution in [1.82, 2.24) is 0 Å². The number of ether oxygens (including phenoxy) is 1. The molecule has 0 atom stereocenters. The van der Waals surface area contributed by atoms with Crippen LogP contribution in [-0.2, 0) is 23.0 Å². The van der Waals surface area contributed by atoms with Crippen LogP contribution in [0.1, 0.15) is 114 Å². The van der Waals surface area contributed by atoms with E-state index in [4.69, 9.17) is 24.1 Å². The fourth-order valence-electron chi connectivity index (χ4n) is 5.60. The van der Waals surface area contributed by atoms with Crippen molar-refractivity contribution >= 4 is 53.2 Å². The summed E-state index contributed by atoms with van der Waals surface area (Å²) < 4.78 is 6.53. The molecule has 1 aliphatic rings. The molecule has 1 aliphatic heterocycles. The second-order valence-electron chi connectivity index (χ2n) is 12.6. The van der Waals surface area contributed by atoms with Gasteiger partial charge in [-0.05, 0) is 45.9 Å². The standard InChI is InChI=1S/C27H39N2.C11H11NO2.2ClH.Ru/c1-18(2)22-11-9-12-23(19(3)4)26(22)28-15-16-29(17-28)27-24(20(5)6)13-10-14-25(27)21(7)8;1-3-14-11(13)8-12-10-7-5-4-6-9(10)2;;;/h9-14,17-21H,15-16H2,1-8H3;2,4-8H,3H2,1H3;2*1H;/q-1;;;;+2/p-2. The Balaban J connectivity index is 0.000000289. The Hall–Kier alpha value is -2.53. The summed E-state index contributed by atoms with van der Waals surface area (Å²) in [6.07, 6.45) is 1.15. The van der Waals surface area contributed by atoms with Gasteiger partial charge in [-0.2, -0.15) is 6.67 Å². The predicted molar refractivity (Wildman–Crippen MR) is 196 cm³/mol. The number of anilines is 2. The summed E-state index contributed by atoms with van der Waals surface area (Å²) in [5.74, 6) is 1.59. The van der Waals surface area contributed by atoms with Crippen LogP contribution in [-0.4, -0.2) is 36.5 Å². The minimum atomic E-state index is -1.90. The average Bonchev–Trinajstić information content (AvgIpc) is 3.49. The van der Waals surface area contributed by atoms with E-state index < -0.39 is 19.5 Å². The van der Waals surface area contributed by atoms with Gasteiger partial charge in [0.05, 0.1) is 0 Å². The van der Waals surface area contributed by atoms with Crippen molar-refractivity contribution in [3.8, 4) is 0 Å². The van der Waals surface area contributed by atoms with Gasteiger partial charge in [-0.1, -0.05) is 91.8 Å². The minimum absolute atomic E-state index is 0.331. The summed E-state index contributed by atoms with van der Waals surface area (Å²) in [4.78, 5) is 20.2. The van der Waals surface area contributed by atoms with Gasteiger partial charge in [0, 0.05) is 24.5 Å². The number of benzene rings is 3. The fourth-order valence-corrected chi connectivity index (χ4v) is 7.42. The number of carbonyl (C=O) groups is 1. The summed E-state index contributed by atoms with van der Waals surface area (Å²) in [6.45, 7) is 25.0. The molecule has 3 aromatic rings. The molecule has 0 aromatic heterocycles. The molecule has 0 saturated carbocycles. The number of halogens is 2. The first-order chi connectivity index (χ1) is 21.8. The van der Waals surface area contributed by atoms with Gasteiger partial charge in [-0.25, -0.2) is 0 Å². The molecule has 3 aromatic carbocycles. The van der Waals surface area contributed by atoms with E-state index in [-0.39, 0.29) is 0 Å². The third-order valence-electron chi connectivity index (χ3n) is 7.84. The molecule has 46 heavy (non-hydrogen) atoms. The first kappa shape index (κ1) is 37.9. The summed E-state index contributed by atoms with van der Waals surface area (Å²) in [5, 5.41) is 0. The number of carbonyl (C=O) groups excluding carboxylic acids is 1. The van der Waals surface area contributed by atoms with E-state index in [0.29, 0.717) is 36.0 Å². The van der Waals surface area contributed by atoms with Gasteiger partial charge in [0.15, 0.2) is 0 Å². The van der Waals surface area contributed by atoms with Crippen LogP contribution in [0.4, 0.5) is 17.1 Å². The van der Waals surface area contributed by atoms with Gasteiger partial charge in [-0.3, -0.25) is 0 Å². The van der Waals surface area contributed by atoms with Crippen molar-refractivity contribution in [2.75, 3.05) is 29.5 Å². The number of rotatable bonds is 10. The molecule has 8 heteroatoms. The van der Waals surface area contributed by atoms with E-state index in [2.05, 4.69) is 113 Å². The van der Waals surface area contributed by atoms with Gasteiger partial charge < -0.3 is 9.80 Å². The van der Waals surface area contributed by atoms with Crippen LogP contribution in [0.5, 0.6) is 0 Å². The number of hydrogen-bond acceptors (Lipinski definition) is 5. The molecular formula is C38H50Cl2N3O2Ru-. The zero-order valence-corrected chi connectivity index (χ0v) is 32.0. The monoisotopic (exact) mass is 752 g/mol.